The van der Waals surface area contributed by atoms with Crippen molar-refractivity contribution in [3.63, 3.8) is 0 Å². The lowest BCUT2D eigenvalue weighted by Crippen LogP contribution is -2.28. The zero-order valence-electron chi connectivity index (χ0n) is 10.2. The van der Waals surface area contributed by atoms with Crippen LogP contribution < -0.4 is 10.6 Å². The molecule has 0 saturated carbocycles. The summed E-state index contributed by atoms with van der Waals surface area (Å²) in [6.45, 7) is 5.31. The number of carbonyl (C=O) groups is 1. The first-order chi connectivity index (χ1) is 7.67. The lowest BCUT2D eigenvalue weighted by molar-refractivity contribution is -0.115. The van der Waals surface area contributed by atoms with Crippen molar-refractivity contribution in [3.8, 4) is 0 Å². The highest BCUT2D eigenvalue weighted by molar-refractivity contribution is 5.92. The Kier molecular flexibility index (Phi) is 4.98. The molecule has 1 heterocycles. The van der Waals surface area contributed by atoms with Crippen molar-refractivity contribution >= 4 is 11.6 Å². The molecule has 0 bridgehead atoms. The van der Waals surface area contributed by atoms with E-state index in [1.54, 1.807) is 4.68 Å². The molecule has 1 rings (SSSR count). The Morgan fingerprint density at radius 1 is 1.50 bits per heavy atom. The van der Waals surface area contributed by atoms with Gasteiger partial charge in [-0.1, -0.05) is 13.8 Å². The summed E-state index contributed by atoms with van der Waals surface area (Å²) >= 11 is 0. The van der Waals surface area contributed by atoms with E-state index in [-0.39, 0.29) is 5.91 Å². The molecule has 0 aliphatic carbocycles. The van der Waals surface area contributed by atoms with Gasteiger partial charge in [0, 0.05) is 13.2 Å². The molecule has 1 aromatic rings. The van der Waals surface area contributed by atoms with Crippen LogP contribution >= 0.6 is 0 Å². The maximum absolute atomic E-state index is 11.6. The van der Waals surface area contributed by atoms with Gasteiger partial charge in [-0.15, -0.1) is 0 Å². The third-order valence-corrected chi connectivity index (χ3v) is 2.23. The highest BCUT2D eigenvalue weighted by atomic mass is 16.1. The first kappa shape index (κ1) is 12.7. The van der Waals surface area contributed by atoms with E-state index in [1.807, 2.05) is 20.2 Å². The molecule has 0 spiro atoms. The lowest BCUT2D eigenvalue weighted by Gasteiger charge is -2.04. The van der Waals surface area contributed by atoms with E-state index in [2.05, 4.69) is 22.7 Å². The third-order valence-electron chi connectivity index (χ3n) is 2.23. The summed E-state index contributed by atoms with van der Waals surface area (Å²) in [5.74, 6) is -0.0175. The predicted molar refractivity (Wildman–Crippen MR) is 64.4 cm³/mol. The number of amides is 1. The van der Waals surface area contributed by atoms with Crippen LogP contribution in [0.15, 0.2) is 6.20 Å². The van der Waals surface area contributed by atoms with Crippen LogP contribution in [0.3, 0.4) is 0 Å². The minimum Gasteiger partial charge on any atom is -0.322 e. The number of hydrogen-bond donors (Lipinski definition) is 2. The Balaban J connectivity index is 2.48. The van der Waals surface area contributed by atoms with E-state index in [9.17, 15) is 4.79 Å². The van der Waals surface area contributed by atoms with Crippen molar-refractivity contribution in [3.05, 3.63) is 11.9 Å². The summed E-state index contributed by atoms with van der Waals surface area (Å²) in [5.41, 5.74) is 1.74. The second kappa shape index (κ2) is 6.27. The molecule has 0 atom stereocenters. The summed E-state index contributed by atoms with van der Waals surface area (Å²) in [5, 5.41) is 10.2. The van der Waals surface area contributed by atoms with Crippen LogP contribution in [-0.2, 0) is 18.3 Å². The van der Waals surface area contributed by atoms with Crippen molar-refractivity contribution in [2.45, 2.75) is 26.7 Å². The van der Waals surface area contributed by atoms with Gasteiger partial charge in [-0.05, 0) is 19.4 Å². The highest BCUT2D eigenvalue weighted by Gasteiger charge is 2.08. The first-order valence-corrected chi connectivity index (χ1v) is 5.70. The van der Waals surface area contributed by atoms with Crippen LogP contribution in [0.5, 0.6) is 0 Å². The van der Waals surface area contributed by atoms with Crippen molar-refractivity contribution in [2.24, 2.45) is 7.05 Å². The molecule has 1 amide bonds. The Morgan fingerprint density at radius 3 is 2.88 bits per heavy atom. The number of anilines is 1. The average Bonchev–Trinajstić information content (AvgIpc) is 2.59. The zero-order valence-corrected chi connectivity index (χ0v) is 10.2. The van der Waals surface area contributed by atoms with Gasteiger partial charge in [-0.25, -0.2) is 0 Å². The predicted octanol–water partition coefficient (Wildman–Crippen LogP) is 0.921. The van der Waals surface area contributed by atoms with Gasteiger partial charge < -0.3 is 10.6 Å². The maximum Gasteiger partial charge on any atom is 0.238 e. The van der Waals surface area contributed by atoms with Crippen LogP contribution in [0.1, 0.15) is 26.0 Å². The van der Waals surface area contributed by atoms with E-state index in [0.29, 0.717) is 6.54 Å². The number of aryl methyl sites for hydroxylation is 2. The molecule has 0 unspecified atom stereocenters. The van der Waals surface area contributed by atoms with Gasteiger partial charge >= 0.3 is 0 Å². The van der Waals surface area contributed by atoms with E-state index < -0.39 is 0 Å². The van der Waals surface area contributed by atoms with Gasteiger partial charge in [-0.2, -0.15) is 5.10 Å². The molecule has 2 N–H and O–H groups in total. The van der Waals surface area contributed by atoms with Crippen LogP contribution in [0, 0.1) is 0 Å². The summed E-state index contributed by atoms with van der Waals surface area (Å²) in [4.78, 5) is 11.6. The zero-order chi connectivity index (χ0) is 12.0. The topological polar surface area (TPSA) is 59.0 Å². The molecule has 1 aromatic heterocycles. The standard InChI is InChI=1S/C11H20N4O/c1-4-6-12-7-11(16)13-10-8-15(3)14-9(10)5-2/h8,12H,4-7H2,1-3H3,(H,13,16). The van der Waals surface area contributed by atoms with E-state index in [1.165, 1.54) is 0 Å². The molecular weight excluding hydrogens is 204 g/mol. The summed E-state index contributed by atoms with van der Waals surface area (Å²) in [7, 11) is 1.85. The second-order valence-electron chi connectivity index (χ2n) is 3.74. The molecule has 0 radical (unpaired) electrons. The van der Waals surface area contributed by atoms with Gasteiger partial charge in [0.05, 0.1) is 17.9 Å². The highest BCUT2D eigenvalue weighted by Crippen LogP contribution is 2.12. The average molecular weight is 224 g/mol. The van der Waals surface area contributed by atoms with Crippen molar-refractivity contribution in [1.29, 1.82) is 0 Å². The minimum atomic E-state index is -0.0175. The largest absolute Gasteiger partial charge is 0.322 e. The number of hydrogen-bond acceptors (Lipinski definition) is 3. The number of aromatic nitrogens is 2. The molecule has 0 aliphatic rings. The van der Waals surface area contributed by atoms with E-state index in [4.69, 9.17) is 0 Å². The first-order valence-electron chi connectivity index (χ1n) is 5.70. The smallest absolute Gasteiger partial charge is 0.238 e. The minimum absolute atomic E-state index is 0.0175. The van der Waals surface area contributed by atoms with Gasteiger partial charge in [0.15, 0.2) is 0 Å². The molecule has 0 fully saturated rings. The molecule has 16 heavy (non-hydrogen) atoms. The number of nitrogens with one attached hydrogen (secondary N) is 2. The van der Waals surface area contributed by atoms with Crippen molar-refractivity contribution < 1.29 is 4.79 Å². The summed E-state index contributed by atoms with van der Waals surface area (Å²) in [6, 6.07) is 0. The fraction of sp³-hybridized carbons (Fsp3) is 0.636. The SMILES string of the molecule is CCCNCC(=O)Nc1cn(C)nc1CC. The Morgan fingerprint density at radius 2 is 2.25 bits per heavy atom. The van der Waals surface area contributed by atoms with E-state index in [0.717, 1.165) is 30.8 Å². The number of nitrogens with zero attached hydrogens (tertiary/aromatic N) is 2. The van der Waals surface area contributed by atoms with E-state index >= 15 is 0 Å². The maximum atomic E-state index is 11.6. The Bertz CT molecular complexity index is 346. The lowest BCUT2D eigenvalue weighted by atomic mass is 10.3. The van der Waals surface area contributed by atoms with Crippen LogP contribution in [0.25, 0.3) is 0 Å². The van der Waals surface area contributed by atoms with Crippen molar-refractivity contribution in [2.75, 3.05) is 18.4 Å². The van der Waals surface area contributed by atoms with Gasteiger partial charge in [0.25, 0.3) is 0 Å². The summed E-state index contributed by atoms with van der Waals surface area (Å²) < 4.78 is 1.72. The Labute approximate surface area is 96.2 Å². The number of carbonyl (C=O) groups excluding carboxylic acids is 1. The fourth-order valence-corrected chi connectivity index (χ4v) is 1.47. The van der Waals surface area contributed by atoms with Crippen LogP contribution in [0.2, 0.25) is 0 Å². The molecule has 0 aromatic carbocycles. The summed E-state index contributed by atoms with van der Waals surface area (Å²) in [6.07, 6.45) is 3.68. The monoisotopic (exact) mass is 224 g/mol. The normalized spacial score (nSPS) is 10.4. The molecule has 90 valence electrons. The van der Waals surface area contributed by atoms with Gasteiger partial charge in [-0.3, -0.25) is 9.48 Å². The third kappa shape index (κ3) is 3.66. The molecular formula is C11H20N4O. The molecule has 0 aliphatic heterocycles. The fourth-order valence-electron chi connectivity index (χ4n) is 1.47. The van der Waals surface area contributed by atoms with Crippen molar-refractivity contribution in [1.82, 2.24) is 15.1 Å². The van der Waals surface area contributed by atoms with Gasteiger partial charge in [0.1, 0.15) is 0 Å². The number of rotatable bonds is 6. The molecule has 5 heteroatoms. The molecule has 5 nitrogen and oxygen atoms in total. The molecule has 0 saturated heterocycles. The van der Waals surface area contributed by atoms with Crippen LogP contribution in [0.4, 0.5) is 5.69 Å². The second-order valence-corrected chi connectivity index (χ2v) is 3.74. The Hall–Kier alpha value is -1.36. The van der Waals surface area contributed by atoms with Gasteiger partial charge in [0.2, 0.25) is 5.91 Å². The van der Waals surface area contributed by atoms with Crippen LogP contribution in [-0.4, -0.2) is 28.8 Å². The quantitative estimate of drug-likeness (QED) is 0.706.